The number of benzene rings is 1. The second kappa shape index (κ2) is 5.86. The summed E-state index contributed by atoms with van der Waals surface area (Å²) in [6.07, 6.45) is 1.11. The van der Waals surface area contributed by atoms with Crippen molar-refractivity contribution in [1.82, 2.24) is 4.98 Å². The van der Waals surface area contributed by atoms with Gasteiger partial charge in [0.25, 0.3) is 0 Å². The number of nitrogens with one attached hydrogen (secondary N) is 1. The van der Waals surface area contributed by atoms with Crippen molar-refractivity contribution in [2.24, 2.45) is 0 Å². The number of rotatable bonds is 4. The molecule has 0 bridgehead atoms. The average molecular weight is 365 g/mol. The number of carboxylic acids is 1. The van der Waals surface area contributed by atoms with E-state index in [4.69, 9.17) is 10.2 Å². The van der Waals surface area contributed by atoms with Crippen LogP contribution in [0.25, 0.3) is 10.8 Å². The summed E-state index contributed by atoms with van der Waals surface area (Å²) in [7, 11) is 0. The number of aliphatic hydroxyl groups excluding tert-OH is 1. The van der Waals surface area contributed by atoms with Crippen molar-refractivity contribution in [3.05, 3.63) is 34.2 Å². The van der Waals surface area contributed by atoms with E-state index in [1.165, 1.54) is 0 Å². The Morgan fingerprint density at radius 1 is 1.38 bits per heavy atom. The summed E-state index contributed by atoms with van der Waals surface area (Å²) < 4.78 is 40.5. The van der Waals surface area contributed by atoms with Crippen molar-refractivity contribution in [2.45, 2.75) is 6.04 Å². The smallest absolute Gasteiger partial charge is 0.328 e. The zero-order valence-electron chi connectivity index (χ0n) is 10.2. The van der Waals surface area contributed by atoms with Crippen LogP contribution in [0.15, 0.2) is 16.7 Å². The quantitative estimate of drug-likeness (QED) is 0.725. The van der Waals surface area contributed by atoms with Crippen LogP contribution < -0.4 is 5.32 Å². The minimum atomic E-state index is -1.64. The van der Waals surface area contributed by atoms with Crippen LogP contribution in [0.5, 0.6) is 0 Å². The molecule has 3 N–H and O–H groups in total. The summed E-state index contributed by atoms with van der Waals surface area (Å²) in [6.45, 7) is -0.763. The third-order valence-corrected chi connectivity index (χ3v) is 3.36. The predicted molar refractivity (Wildman–Crippen MR) is 71.4 cm³/mol. The van der Waals surface area contributed by atoms with E-state index >= 15 is 0 Å². The molecule has 1 heterocycles. The molecule has 9 heteroatoms. The Morgan fingerprint density at radius 3 is 2.62 bits per heavy atom. The van der Waals surface area contributed by atoms with Crippen LogP contribution in [0.1, 0.15) is 0 Å². The number of hydrogen-bond acceptors (Lipinski definition) is 4. The number of aliphatic hydroxyl groups is 1. The lowest BCUT2D eigenvalue weighted by Crippen LogP contribution is -2.33. The summed E-state index contributed by atoms with van der Waals surface area (Å²) in [6, 6.07) is -0.720. The number of anilines is 1. The van der Waals surface area contributed by atoms with Crippen molar-refractivity contribution >= 4 is 38.5 Å². The lowest BCUT2D eigenvalue weighted by Gasteiger charge is -2.15. The number of carboxylic acid groups (broad SMARTS) is 1. The van der Waals surface area contributed by atoms with E-state index in [1.54, 1.807) is 0 Å². The third kappa shape index (κ3) is 2.79. The van der Waals surface area contributed by atoms with E-state index in [-0.39, 0.29) is 21.1 Å². The van der Waals surface area contributed by atoms with E-state index in [9.17, 15) is 18.0 Å². The lowest BCUT2D eigenvalue weighted by atomic mass is 10.1. The largest absolute Gasteiger partial charge is 0.480 e. The van der Waals surface area contributed by atoms with Crippen molar-refractivity contribution in [2.75, 3.05) is 11.9 Å². The highest BCUT2D eigenvalue weighted by atomic mass is 79.9. The molecule has 1 atom stereocenters. The van der Waals surface area contributed by atoms with Gasteiger partial charge in [0.15, 0.2) is 17.5 Å². The highest BCUT2D eigenvalue weighted by molar-refractivity contribution is 9.10. The molecular formula is C12H8BrF3N2O3. The van der Waals surface area contributed by atoms with Crippen LogP contribution in [0.2, 0.25) is 0 Å². The third-order valence-electron chi connectivity index (χ3n) is 2.75. The molecule has 112 valence electrons. The van der Waals surface area contributed by atoms with Gasteiger partial charge in [-0.25, -0.2) is 22.9 Å². The molecule has 0 aliphatic heterocycles. The monoisotopic (exact) mass is 364 g/mol. The highest BCUT2D eigenvalue weighted by Crippen LogP contribution is 2.33. The Morgan fingerprint density at radius 2 is 2.05 bits per heavy atom. The standard InChI is InChI=1S/C12H8BrF3N2O3/c13-5-2-17-11(18-7(3-19)12(20)21)4-1-6(14)9(15)10(16)8(4)5/h1-2,7,19H,3H2,(H,17,18)(H,20,21). The molecule has 0 amide bonds. The Labute approximate surface area is 124 Å². The number of aromatic nitrogens is 1. The molecule has 1 aromatic carbocycles. The Balaban J connectivity index is 2.66. The average Bonchev–Trinajstić information content (AvgIpc) is 2.43. The highest BCUT2D eigenvalue weighted by Gasteiger charge is 2.22. The van der Waals surface area contributed by atoms with Gasteiger partial charge in [0, 0.05) is 21.4 Å². The first-order chi connectivity index (χ1) is 9.86. The number of hydrogen-bond donors (Lipinski definition) is 3. The van der Waals surface area contributed by atoms with E-state index in [0.29, 0.717) is 6.07 Å². The maximum Gasteiger partial charge on any atom is 0.328 e. The van der Waals surface area contributed by atoms with Crippen molar-refractivity contribution in [1.29, 1.82) is 0 Å². The predicted octanol–water partition coefficient (Wildman–Crippen LogP) is 2.27. The maximum absolute atomic E-state index is 13.8. The topological polar surface area (TPSA) is 82.5 Å². The van der Waals surface area contributed by atoms with Crippen LogP contribution in [0.3, 0.4) is 0 Å². The van der Waals surface area contributed by atoms with Crippen LogP contribution >= 0.6 is 15.9 Å². The second-order valence-corrected chi connectivity index (χ2v) is 4.94. The van der Waals surface area contributed by atoms with E-state index in [1.807, 2.05) is 0 Å². The number of carbonyl (C=O) groups is 1. The molecule has 21 heavy (non-hydrogen) atoms. The zero-order chi connectivity index (χ0) is 15.7. The van der Waals surface area contributed by atoms with Gasteiger partial charge in [-0.2, -0.15) is 0 Å². The SMILES string of the molecule is O=C(O)C(CO)Nc1ncc(Br)c2c(F)c(F)c(F)cc12. The number of nitrogens with zero attached hydrogens (tertiary/aromatic N) is 1. The normalized spacial score (nSPS) is 12.4. The molecule has 0 aliphatic rings. The first-order valence-corrected chi connectivity index (χ1v) is 6.38. The van der Waals surface area contributed by atoms with Crippen LogP contribution in [0.4, 0.5) is 19.0 Å². The molecule has 0 spiro atoms. The molecule has 0 saturated heterocycles. The number of pyridine rings is 1. The van der Waals surface area contributed by atoms with Gasteiger partial charge < -0.3 is 15.5 Å². The first kappa shape index (κ1) is 15.5. The van der Waals surface area contributed by atoms with Gasteiger partial charge >= 0.3 is 5.97 Å². The Bertz CT molecular complexity index is 727. The van der Waals surface area contributed by atoms with Gasteiger partial charge in [-0.05, 0) is 22.0 Å². The van der Waals surface area contributed by atoms with Crippen LogP contribution in [-0.4, -0.2) is 33.8 Å². The molecule has 0 radical (unpaired) electrons. The van der Waals surface area contributed by atoms with Gasteiger partial charge in [0.2, 0.25) is 0 Å². The maximum atomic E-state index is 13.8. The fourth-order valence-electron chi connectivity index (χ4n) is 1.74. The van der Waals surface area contributed by atoms with Crippen molar-refractivity contribution in [3.63, 3.8) is 0 Å². The van der Waals surface area contributed by atoms with E-state index in [0.717, 1.165) is 6.20 Å². The molecule has 2 rings (SSSR count). The number of fused-ring (bicyclic) bond motifs is 1. The minimum Gasteiger partial charge on any atom is -0.480 e. The first-order valence-electron chi connectivity index (χ1n) is 5.58. The summed E-state index contributed by atoms with van der Waals surface area (Å²) in [4.78, 5) is 14.7. The van der Waals surface area contributed by atoms with Crippen molar-refractivity contribution in [3.8, 4) is 0 Å². The summed E-state index contributed by atoms with van der Waals surface area (Å²) >= 11 is 2.97. The molecule has 2 aromatic rings. The zero-order valence-corrected chi connectivity index (χ0v) is 11.8. The minimum absolute atomic E-state index is 0.0790. The fourth-order valence-corrected chi connectivity index (χ4v) is 2.23. The van der Waals surface area contributed by atoms with Gasteiger partial charge in [0.05, 0.1) is 6.61 Å². The summed E-state index contributed by atoms with van der Waals surface area (Å²) in [5.41, 5.74) is 0. The summed E-state index contributed by atoms with van der Waals surface area (Å²) in [5, 5.41) is 19.7. The fraction of sp³-hybridized carbons (Fsp3) is 0.167. The molecule has 0 saturated carbocycles. The van der Waals surface area contributed by atoms with Gasteiger partial charge in [-0.1, -0.05) is 0 Å². The lowest BCUT2D eigenvalue weighted by molar-refractivity contribution is -0.138. The number of halogens is 4. The molecule has 1 unspecified atom stereocenters. The molecule has 0 fully saturated rings. The summed E-state index contributed by atoms with van der Waals surface area (Å²) in [5.74, 6) is -6.06. The van der Waals surface area contributed by atoms with Gasteiger partial charge in [-0.3, -0.25) is 0 Å². The van der Waals surface area contributed by atoms with E-state index < -0.39 is 36.1 Å². The molecule has 5 nitrogen and oxygen atoms in total. The van der Waals surface area contributed by atoms with Gasteiger partial charge in [-0.15, -0.1) is 0 Å². The van der Waals surface area contributed by atoms with E-state index in [2.05, 4.69) is 26.2 Å². The Hall–Kier alpha value is -1.87. The molecule has 1 aromatic heterocycles. The van der Waals surface area contributed by atoms with Crippen LogP contribution in [0, 0.1) is 17.5 Å². The van der Waals surface area contributed by atoms with Crippen LogP contribution in [-0.2, 0) is 4.79 Å². The van der Waals surface area contributed by atoms with Gasteiger partial charge in [0.1, 0.15) is 11.9 Å². The Kier molecular flexibility index (Phi) is 4.33. The second-order valence-electron chi connectivity index (χ2n) is 4.08. The molecular weight excluding hydrogens is 357 g/mol. The van der Waals surface area contributed by atoms with Crippen molar-refractivity contribution < 1.29 is 28.2 Å². The molecule has 0 aliphatic carbocycles. The number of aliphatic carboxylic acids is 1.